The van der Waals surface area contributed by atoms with Crippen LogP contribution in [0.3, 0.4) is 0 Å². The van der Waals surface area contributed by atoms with Crippen molar-refractivity contribution in [2.45, 2.75) is 32.4 Å². The van der Waals surface area contributed by atoms with Crippen molar-refractivity contribution >= 4 is 0 Å². The lowest BCUT2D eigenvalue weighted by Crippen LogP contribution is -2.37. The summed E-state index contributed by atoms with van der Waals surface area (Å²) in [5, 5.41) is 10.7. The van der Waals surface area contributed by atoms with Gasteiger partial charge in [0.1, 0.15) is 17.7 Å². The number of aliphatic hydroxyl groups is 1. The van der Waals surface area contributed by atoms with Gasteiger partial charge in [-0.3, -0.25) is 4.90 Å². The third-order valence-electron chi connectivity index (χ3n) is 4.73. The molecule has 1 fully saturated rings. The molecule has 5 heteroatoms. The summed E-state index contributed by atoms with van der Waals surface area (Å²) < 4.78 is 7.50. The third kappa shape index (κ3) is 3.97. The Hall–Kier alpha value is -1.85. The van der Waals surface area contributed by atoms with Crippen molar-refractivity contribution in [3.05, 3.63) is 48.0 Å². The average Bonchev–Trinajstić information content (AvgIpc) is 3.01. The number of ether oxygens (including phenoxy) is 1. The highest BCUT2D eigenvalue weighted by molar-refractivity contribution is 5.28. The zero-order valence-corrected chi connectivity index (χ0v) is 14.6. The summed E-state index contributed by atoms with van der Waals surface area (Å²) in [5.74, 6) is 1.92. The minimum absolute atomic E-state index is 0.231. The van der Waals surface area contributed by atoms with E-state index in [1.54, 1.807) is 6.20 Å². The van der Waals surface area contributed by atoms with Gasteiger partial charge < -0.3 is 14.4 Å². The molecule has 130 valence electrons. The molecular formula is C19H27N3O2. The molecular weight excluding hydrogens is 302 g/mol. The number of benzene rings is 1. The van der Waals surface area contributed by atoms with E-state index in [-0.39, 0.29) is 5.92 Å². The van der Waals surface area contributed by atoms with Gasteiger partial charge in [0.25, 0.3) is 0 Å². The Bertz CT molecular complexity index is 656. The minimum atomic E-state index is -0.498. The highest BCUT2D eigenvalue weighted by Crippen LogP contribution is 2.29. The molecule has 2 unspecified atom stereocenters. The maximum atomic E-state index is 10.7. The molecule has 5 nitrogen and oxygen atoms in total. The molecule has 2 heterocycles. The Kier molecular flexibility index (Phi) is 5.53. The number of rotatable bonds is 6. The van der Waals surface area contributed by atoms with Crippen LogP contribution in [-0.2, 0) is 13.6 Å². The van der Waals surface area contributed by atoms with Crippen molar-refractivity contribution in [3.63, 3.8) is 0 Å². The van der Waals surface area contributed by atoms with Crippen LogP contribution in [-0.4, -0.2) is 39.3 Å². The van der Waals surface area contributed by atoms with E-state index in [4.69, 9.17) is 4.74 Å². The number of piperidine rings is 1. The van der Waals surface area contributed by atoms with Crippen LogP contribution in [0.25, 0.3) is 0 Å². The number of aliphatic hydroxyl groups excluding tert-OH is 1. The van der Waals surface area contributed by atoms with Gasteiger partial charge in [-0.15, -0.1) is 0 Å². The lowest BCUT2D eigenvalue weighted by Gasteiger charge is -2.35. The second kappa shape index (κ2) is 7.81. The first-order valence-electron chi connectivity index (χ1n) is 8.76. The Balaban J connectivity index is 1.63. The summed E-state index contributed by atoms with van der Waals surface area (Å²) >= 11 is 0. The second-order valence-electron chi connectivity index (χ2n) is 6.56. The third-order valence-corrected chi connectivity index (χ3v) is 4.73. The number of aryl methyl sites for hydroxylation is 1. The number of imidazole rings is 1. The van der Waals surface area contributed by atoms with E-state index in [0.29, 0.717) is 6.61 Å². The summed E-state index contributed by atoms with van der Waals surface area (Å²) in [6.07, 6.45) is 5.29. The van der Waals surface area contributed by atoms with Crippen LogP contribution < -0.4 is 4.74 Å². The van der Waals surface area contributed by atoms with Gasteiger partial charge in [-0.1, -0.05) is 12.1 Å². The standard InChI is InChI=1S/C19H27N3O2/c1-3-24-17-8-4-6-15(12-17)13-22-10-5-7-16(14-22)18(23)19-20-9-11-21(19)2/h4,6,8-9,11-12,16,18,23H,3,5,7,10,13-14H2,1-2H3. The number of hydrogen-bond donors (Lipinski definition) is 1. The molecule has 0 saturated carbocycles. The fourth-order valence-corrected chi connectivity index (χ4v) is 3.52. The van der Waals surface area contributed by atoms with Gasteiger partial charge in [0.15, 0.2) is 0 Å². The molecule has 1 N–H and O–H groups in total. The zero-order chi connectivity index (χ0) is 16.9. The maximum absolute atomic E-state index is 10.7. The summed E-state index contributed by atoms with van der Waals surface area (Å²) in [4.78, 5) is 6.73. The number of likely N-dealkylation sites (tertiary alicyclic amines) is 1. The highest BCUT2D eigenvalue weighted by atomic mass is 16.5. The summed E-state index contributed by atoms with van der Waals surface area (Å²) in [7, 11) is 1.94. The van der Waals surface area contributed by atoms with Crippen molar-refractivity contribution in [1.82, 2.24) is 14.5 Å². The van der Waals surface area contributed by atoms with E-state index < -0.39 is 6.10 Å². The van der Waals surface area contributed by atoms with Gasteiger partial charge >= 0.3 is 0 Å². The van der Waals surface area contributed by atoms with Crippen LogP contribution in [0.1, 0.15) is 37.3 Å². The SMILES string of the molecule is CCOc1cccc(CN2CCCC(C(O)c3nccn3C)C2)c1. The van der Waals surface area contributed by atoms with Crippen molar-refractivity contribution < 1.29 is 9.84 Å². The molecule has 3 rings (SSSR count). The first-order chi connectivity index (χ1) is 11.7. The van der Waals surface area contributed by atoms with E-state index in [0.717, 1.165) is 44.0 Å². The normalized spacial score (nSPS) is 20.0. The molecule has 0 radical (unpaired) electrons. The molecule has 0 aliphatic carbocycles. The van der Waals surface area contributed by atoms with E-state index in [2.05, 4.69) is 22.0 Å². The molecule has 1 aromatic carbocycles. The lowest BCUT2D eigenvalue weighted by molar-refractivity contribution is 0.0404. The van der Waals surface area contributed by atoms with Crippen molar-refractivity contribution in [2.75, 3.05) is 19.7 Å². The van der Waals surface area contributed by atoms with Crippen LogP contribution in [0, 0.1) is 5.92 Å². The summed E-state index contributed by atoms with van der Waals surface area (Å²) in [6, 6.07) is 8.30. The summed E-state index contributed by atoms with van der Waals surface area (Å²) in [6.45, 7) is 5.55. The predicted molar refractivity (Wildman–Crippen MR) is 93.8 cm³/mol. The Morgan fingerprint density at radius 1 is 1.42 bits per heavy atom. The summed E-state index contributed by atoms with van der Waals surface area (Å²) in [5.41, 5.74) is 1.26. The van der Waals surface area contributed by atoms with Gasteiger partial charge in [0, 0.05) is 38.4 Å². The molecule has 0 spiro atoms. The van der Waals surface area contributed by atoms with Crippen LogP contribution in [0.15, 0.2) is 36.7 Å². The molecule has 1 saturated heterocycles. The van der Waals surface area contributed by atoms with Crippen LogP contribution >= 0.6 is 0 Å². The van der Waals surface area contributed by atoms with Gasteiger partial charge in [-0.25, -0.2) is 4.98 Å². The lowest BCUT2D eigenvalue weighted by atomic mass is 9.91. The van der Waals surface area contributed by atoms with Crippen molar-refractivity contribution in [1.29, 1.82) is 0 Å². The van der Waals surface area contributed by atoms with Gasteiger partial charge in [0.05, 0.1) is 6.61 Å². The molecule has 2 atom stereocenters. The topological polar surface area (TPSA) is 50.5 Å². The number of nitrogens with zero attached hydrogens (tertiary/aromatic N) is 3. The Morgan fingerprint density at radius 2 is 2.29 bits per heavy atom. The molecule has 0 amide bonds. The van der Waals surface area contributed by atoms with Gasteiger partial charge in [0.2, 0.25) is 0 Å². The van der Waals surface area contributed by atoms with Crippen molar-refractivity contribution in [2.24, 2.45) is 13.0 Å². The highest BCUT2D eigenvalue weighted by Gasteiger charge is 2.29. The molecule has 1 aliphatic heterocycles. The molecule has 2 aromatic rings. The smallest absolute Gasteiger partial charge is 0.137 e. The Labute approximate surface area is 143 Å². The molecule has 0 bridgehead atoms. The minimum Gasteiger partial charge on any atom is -0.494 e. The van der Waals surface area contributed by atoms with E-state index in [9.17, 15) is 5.11 Å². The first kappa shape index (κ1) is 17.0. The average molecular weight is 329 g/mol. The second-order valence-corrected chi connectivity index (χ2v) is 6.56. The van der Waals surface area contributed by atoms with Gasteiger partial charge in [-0.05, 0) is 44.0 Å². The zero-order valence-electron chi connectivity index (χ0n) is 14.6. The van der Waals surface area contributed by atoms with Crippen molar-refractivity contribution in [3.8, 4) is 5.75 Å². The fourth-order valence-electron chi connectivity index (χ4n) is 3.52. The Morgan fingerprint density at radius 3 is 3.04 bits per heavy atom. The van der Waals surface area contributed by atoms with Crippen LogP contribution in [0.4, 0.5) is 0 Å². The maximum Gasteiger partial charge on any atom is 0.137 e. The number of hydrogen-bond acceptors (Lipinski definition) is 4. The number of aromatic nitrogens is 2. The van der Waals surface area contributed by atoms with Crippen LogP contribution in [0.5, 0.6) is 5.75 Å². The predicted octanol–water partition coefficient (Wildman–Crippen LogP) is 2.76. The van der Waals surface area contributed by atoms with Crippen LogP contribution in [0.2, 0.25) is 0 Å². The van der Waals surface area contributed by atoms with E-state index in [1.165, 1.54) is 5.56 Å². The fraction of sp³-hybridized carbons (Fsp3) is 0.526. The molecule has 1 aromatic heterocycles. The quantitative estimate of drug-likeness (QED) is 0.885. The largest absolute Gasteiger partial charge is 0.494 e. The van der Waals surface area contributed by atoms with E-state index in [1.807, 2.05) is 36.9 Å². The van der Waals surface area contributed by atoms with E-state index >= 15 is 0 Å². The first-order valence-corrected chi connectivity index (χ1v) is 8.76. The molecule has 24 heavy (non-hydrogen) atoms. The van der Waals surface area contributed by atoms with Gasteiger partial charge in [-0.2, -0.15) is 0 Å². The monoisotopic (exact) mass is 329 g/mol. The molecule has 1 aliphatic rings.